The number of likely N-dealkylation sites (N-methyl/N-ethyl adjacent to an activating group) is 1. The first-order valence-corrected chi connectivity index (χ1v) is 12.5. The van der Waals surface area contributed by atoms with Gasteiger partial charge >= 0.3 is 0 Å². The minimum atomic E-state index is -3.91. The van der Waals surface area contributed by atoms with E-state index in [0.717, 1.165) is 9.71 Å². The van der Waals surface area contributed by atoms with Crippen LogP contribution in [-0.2, 0) is 24.8 Å². The summed E-state index contributed by atoms with van der Waals surface area (Å²) in [6.07, 6.45) is 4.24. The normalized spacial score (nSPS) is 12.1. The Kier molecular flexibility index (Phi) is 7.53. The number of anilines is 2. The van der Waals surface area contributed by atoms with Gasteiger partial charge < -0.3 is 5.32 Å². The molecule has 33 heavy (non-hydrogen) atoms. The molecule has 3 aromatic rings. The molecule has 2 aromatic carbocycles. The molecule has 0 bridgehead atoms. The molecule has 0 spiro atoms. The molecule has 2 N–H and O–H groups in total. The van der Waals surface area contributed by atoms with E-state index in [1.165, 1.54) is 49.8 Å². The van der Waals surface area contributed by atoms with E-state index in [1.54, 1.807) is 30.3 Å². The number of sulfonamides is 2. The number of benzene rings is 2. The number of carbonyl (C=O) groups is 1. The SMILES string of the molecule is CN(CC(=O)Nc1ccc(S(=O)(=O)Nc2ncccn2)cc1)S(=O)(=O)C=Cc1ccccc1. The number of carbonyl (C=O) groups excluding carboxylic acids is 1. The van der Waals surface area contributed by atoms with Gasteiger partial charge in [-0.25, -0.2) is 31.5 Å². The molecule has 172 valence electrons. The van der Waals surface area contributed by atoms with Crippen LogP contribution >= 0.6 is 0 Å². The minimum absolute atomic E-state index is 0.0568. The van der Waals surface area contributed by atoms with E-state index < -0.39 is 32.5 Å². The Bertz CT molecular complexity index is 1330. The highest BCUT2D eigenvalue weighted by molar-refractivity contribution is 7.92. The van der Waals surface area contributed by atoms with Crippen molar-refractivity contribution in [2.75, 3.05) is 23.6 Å². The molecule has 1 heterocycles. The van der Waals surface area contributed by atoms with Crippen LogP contribution in [0, 0.1) is 0 Å². The third-order valence-corrected chi connectivity index (χ3v) is 7.09. The number of hydrogen-bond donors (Lipinski definition) is 2. The highest BCUT2D eigenvalue weighted by atomic mass is 32.2. The Balaban J connectivity index is 1.59. The molecule has 0 atom stereocenters. The zero-order valence-electron chi connectivity index (χ0n) is 17.5. The lowest BCUT2D eigenvalue weighted by Crippen LogP contribution is -2.33. The fraction of sp³-hybridized carbons (Fsp3) is 0.0952. The number of aromatic nitrogens is 2. The maximum atomic E-state index is 12.4. The van der Waals surface area contributed by atoms with Crippen molar-refractivity contribution in [3.63, 3.8) is 0 Å². The third-order valence-electron chi connectivity index (χ3n) is 4.27. The Hall–Kier alpha value is -3.61. The van der Waals surface area contributed by atoms with Gasteiger partial charge in [0.25, 0.3) is 10.0 Å². The first-order valence-electron chi connectivity index (χ1n) is 9.55. The first kappa shape index (κ1) is 24.0. The van der Waals surface area contributed by atoms with Gasteiger partial charge in [-0.2, -0.15) is 4.31 Å². The van der Waals surface area contributed by atoms with E-state index in [0.29, 0.717) is 11.3 Å². The molecule has 0 saturated heterocycles. The molecule has 1 aromatic heterocycles. The van der Waals surface area contributed by atoms with Crippen molar-refractivity contribution in [1.29, 1.82) is 0 Å². The van der Waals surface area contributed by atoms with Gasteiger partial charge in [0.2, 0.25) is 21.9 Å². The molecule has 1 amide bonds. The van der Waals surface area contributed by atoms with Crippen LogP contribution in [0.5, 0.6) is 0 Å². The molecule has 0 fully saturated rings. The standard InChI is InChI=1S/C21H21N5O5S2/c1-26(32(28,29)15-12-17-6-3-2-4-7-17)16-20(27)24-18-8-10-19(11-9-18)33(30,31)25-21-22-13-5-14-23-21/h2-15H,16H2,1H3,(H,24,27)(H,22,23,25). The monoisotopic (exact) mass is 487 g/mol. The van der Waals surface area contributed by atoms with Crippen LogP contribution in [0.2, 0.25) is 0 Å². The minimum Gasteiger partial charge on any atom is -0.325 e. The molecule has 12 heteroatoms. The zero-order valence-corrected chi connectivity index (χ0v) is 19.1. The lowest BCUT2D eigenvalue weighted by molar-refractivity contribution is -0.116. The third kappa shape index (κ3) is 6.94. The van der Waals surface area contributed by atoms with Crippen molar-refractivity contribution in [2.45, 2.75) is 4.90 Å². The molecule has 0 aliphatic heterocycles. The lowest BCUT2D eigenvalue weighted by Gasteiger charge is -2.14. The predicted molar refractivity (Wildman–Crippen MR) is 125 cm³/mol. The summed E-state index contributed by atoms with van der Waals surface area (Å²) < 4.78 is 52.7. The second-order valence-corrected chi connectivity index (χ2v) is 10.4. The van der Waals surface area contributed by atoms with Gasteiger partial charge in [-0.1, -0.05) is 30.3 Å². The Morgan fingerprint density at radius 3 is 2.21 bits per heavy atom. The summed E-state index contributed by atoms with van der Waals surface area (Å²) in [4.78, 5) is 19.8. The Morgan fingerprint density at radius 1 is 0.939 bits per heavy atom. The van der Waals surface area contributed by atoms with Gasteiger partial charge in [-0.15, -0.1) is 0 Å². The maximum Gasteiger partial charge on any atom is 0.264 e. The Labute approximate surface area is 192 Å². The molecule has 0 radical (unpaired) electrons. The summed E-state index contributed by atoms with van der Waals surface area (Å²) in [7, 11) is -6.43. The summed E-state index contributed by atoms with van der Waals surface area (Å²) >= 11 is 0. The quantitative estimate of drug-likeness (QED) is 0.471. The molecule has 3 rings (SSSR count). The largest absolute Gasteiger partial charge is 0.325 e. The number of amides is 1. The molecule has 0 unspecified atom stereocenters. The maximum absolute atomic E-state index is 12.4. The van der Waals surface area contributed by atoms with Gasteiger partial charge in [-0.05, 0) is 42.0 Å². The van der Waals surface area contributed by atoms with E-state index >= 15 is 0 Å². The summed E-state index contributed by atoms with van der Waals surface area (Å²) in [6.45, 7) is -0.422. The highest BCUT2D eigenvalue weighted by Crippen LogP contribution is 2.16. The van der Waals surface area contributed by atoms with Crippen molar-refractivity contribution < 1.29 is 21.6 Å². The molecule has 0 saturated carbocycles. The summed E-state index contributed by atoms with van der Waals surface area (Å²) in [6, 6.07) is 15.8. The molecular formula is C21H21N5O5S2. The van der Waals surface area contributed by atoms with Crippen LogP contribution in [0.3, 0.4) is 0 Å². The lowest BCUT2D eigenvalue weighted by atomic mass is 10.2. The van der Waals surface area contributed by atoms with Crippen LogP contribution in [0.15, 0.2) is 83.4 Å². The molecular weight excluding hydrogens is 466 g/mol. The highest BCUT2D eigenvalue weighted by Gasteiger charge is 2.19. The topological polar surface area (TPSA) is 138 Å². The average molecular weight is 488 g/mol. The Morgan fingerprint density at radius 2 is 1.58 bits per heavy atom. The fourth-order valence-corrected chi connectivity index (χ4v) is 4.37. The van der Waals surface area contributed by atoms with Crippen molar-refractivity contribution in [1.82, 2.24) is 14.3 Å². The zero-order chi connectivity index (χ0) is 23.9. The van der Waals surface area contributed by atoms with Crippen LogP contribution in [-0.4, -0.2) is 50.6 Å². The fourth-order valence-electron chi connectivity index (χ4n) is 2.57. The molecule has 0 aliphatic carbocycles. The predicted octanol–water partition coefficient (Wildman–Crippen LogP) is 2.15. The van der Waals surface area contributed by atoms with Crippen molar-refractivity contribution in [3.05, 3.63) is 84.0 Å². The first-order chi connectivity index (χ1) is 15.7. The van der Waals surface area contributed by atoms with Crippen molar-refractivity contribution in [3.8, 4) is 0 Å². The van der Waals surface area contributed by atoms with E-state index in [2.05, 4.69) is 20.0 Å². The van der Waals surface area contributed by atoms with Gasteiger partial charge in [0.15, 0.2) is 0 Å². The van der Waals surface area contributed by atoms with Gasteiger partial charge in [-0.3, -0.25) is 4.79 Å². The van der Waals surface area contributed by atoms with Gasteiger partial charge in [0.05, 0.1) is 11.4 Å². The summed E-state index contributed by atoms with van der Waals surface area (Å²) in [5.41, 5.74) is 1.02. The van der Waals surface area contributed by atoms with E-state index in [9.17, 15) is 21.6 Å². The number of nitrogens with one attached hydrogen (secondary N) is 2. The number of nitrogens with zero attached hydrogens (tertiary/aromatic N) is 3. The average Bonchev–Trinajstić information content (AvgIpc) is 2.79. The second kappa shape index (κ2) is 10.3. The van der Waals surface area contributed by atoms with Gasteiger partial charge in [0, 0.05) is 30.5 Å². The van der Waals surface area contributed by atoms with E-state index in [-0.39, 0.29) is 10.8 Å². The van der Waals surface area contributed by atoms with E-state index in [1.807, 2.05) is 6.07 Å². The van der Waals surface area contributed by atoms with Crippen molar-refractivity contribution in [2.24, 2.45) is 0 Å². The second-order valence-electron chi connectivity index (χ2n) is 6.76. The van der Waals surface area contributed by atoms with Gasteiger partial charge in [0.1, 0.15) is 0 Å². The number of hydrogen-bond acceptors (Lipinski definition) is 7. The molecule has 0 aliphatic rings. The summed E-state index contributed by atoms with van der Waals surface area (Å²) in [5, 5.41) is 3.56. The number of rotatable bonds is 9. The van der Waals surface area contributed by atoms with Crippen LogP contribution in [0.1, 0.15) is 5.56 Å². The summed E-state index contributed by atoms with van der Waals surface area (Å²) in [5.74, 6) is -0.652. The van der Waals surface area contributed by atoms with Crippen molar-refractivity contribution >= 4 is 43.7 Å². The molecule has 10 nitrogen and oxygen atoms in total. The van der Waals surface area contributed by atoms with Crippen LogP contribution < -0.4 is 10.0 Å². The van der Waals surface area contributed by atoms with Crippen LogP contribution in [0.25, 0.3) is 6.08 Å². The smallest absolute Gasteiger partial charge is 0.264 e. The van der Waals surface area contributed by atoms with E-state index in [4.69, 9.17) is 0 Å². The van der Waals surface area contributed by atoms with Crippen LogP contribution in [0.4, 0.5) is 11.6 Å².